The molecule has 7 heteroatoms. The summed E-state index contributed by atoms with van der Waals surface area (Å²) in [7, 11) is 3.23. The van der Waals surface area contributed by atoms with Gasteiger partial charge in [-0.15, -0.1) is 0 Å². The number of rotatable bonds is 7. The van der Waals surface area contributed by atoms with Gasteiger partial charge in [0.15, 0.2) is 0 Å². The highest BCUT2D eigenvalue weighted by Gasteiger charge is 2.26. The van der Waals surface area contributed by atoms with Crippen LogP contribution in [0.15, 0.2) is 54.9 Å². The van der Waals surface area contributed by atoms with E-state index in [4.69, 9.17) is 9.47 Å². The first-order valence-corrected chi connectivity index (χ1v) is 11.2. The summed E-state index contributed by atoms with van der Waals surface area (Å²) in [5.74, 6) is 2.20. The molecule has 0 aliphatic carbocycles. The van der Waals surface area contributed by atoms with Crippen molar-refractivity contribution < 1.29 is 14.3 Å². The molecule has 1 fully saturated rings. The minimum absolute atomic E-state index is 0.0166. The van der Waals surface area contributed by atoms with Crippen molar-refractivity contribution in [3.8, 4) is 22.6 Å². The third kappa shape index (κ3) is 5.42. The van der Waals surface area contributed by atoms with E-state index in [1.54, 1.807) is 14.2 Å². The van der Waals surface area contributed by atoms with Crippen LogP contribution in [0.2, 0.25) is 0 Å². The minimum Gasteiger partial charge on any atom is -0.497 e. The van der Waals surface area contributed by atoms with Crippen LogP contribution in [0.25, 0.3) is 11.1 Å². The molecule has 1 N–H and O–H groups in total. The molecule has 1 aromatic heterocycles. The van der Waals surface area contributed by atoms with E-state index in [2.05, 4.69) is 45.3 Å². The predicted octanol–water partition coefficient (Wildman–Crippen LogP) is 4.00. The van der Waals surface area contributed by atoms with Gasteiger partial charge in [0.25, 0.3) is 0 Å². The molecule has 0 saturated carbocycles. The highest BCUT2D eigenvalue weighted by molar-refractivity contribution is 5.79. The van der Waals surface area contributed by atoms with E-state index in [1.807, 2.05) is 36.7 Å². The first-order valence-electron chi connectivity index (χ1n) is 11.2. The maximum atomic E-state index is 12.7. The first-order chi connectivity index (χ1) is 16.1. The number of aryl methyl sites for hydroxylation is 1. The van der Waals surface area contributed by atoms with Crippen molar-refractivity contribution in [2.45, 2.75) is 26.3 Å². The van der Waals surface area contributed by atoms with E-state index in [9.17, 15) is 4.79 Å². The van der Waals surface area contributed by atoms with Crippen molar-refractivity contribution in [1.82, 2.24) is 15.3 Å². The summed E-state index contributed by atoms with van der Waals surface area (Å²) in [6.07, 6.45) is 5.29. The Bertz CT molecular complexity index is 1090. The number of nitrogens with zero attached hydrogens (tertiary/aromatic N) is 3. The molecule has 7 nitrogen and oxygen atoms in total. The summed E-state index contributed by atoms with van der Waals surface area (Å²) in [6, 6.07) is 13.9. The van der Waals surface area contributed by atoms with Crippen LogP contribution in [0.1, 0.15) is 24.0 Å². The van der Waals surface area contributed by atoms with Gasteiger partial charge < -0.3 is 19.7 Å². The van der Waals surface area contributed by atoms with Gasteiger partial charge in [-0.3, -0.25) is 4.79 Å². The number of carbonyl (C=O) groups excluding carboxylic acids is 1. The van der Waals surface area contributed by atoms with Gasteiger partial charge in [0.1, 0.15) is 11.5 Å². The molecule has 0 spiro atoms. The zero-order valence-electron chi connectivity index (χ0n) is 19.4. The number of aromatic nitrogens is 2. The van der Waals surface area contributed by atoms with E-state index >= 15 is 0 Å². The standard InChI is InChI=1S/C26H30N4O3/c1-18-5-4-6-20(13-18)22-16-28-26(29-17-22)30-11-9-19(10-12-30)25(31)27-15-21-7-8-23(32-2)14-24(21)33-3/h4-8,13-14,16-17,19H,9-12,15H2,1-3H3,(H,27,31). The molecule has 1 saturated heterocycles. The highest BCUT2D eigenvalue weighted by atomic mass is 16.5. The molecular formula is C26H30N4O3. The van der Waals surface area contributed by atoms with Crippen molar-refractivity contribution in [3.05, 3.63) is 66.0 Å². The fourth-order valence-electron chi connectivity index (χ4n) is 4.12. The SMILES string of the molecule is COc1ccc(CNC(=O)C2CCN(c3ncc(-c4cccc(C)c4)cn3)CC2)c(OC)c1. The first kappa shape index (κ1) is 22.6. The molecule has 2 heterocycles. The topological polar surface area (TPSA) is 76.6 Å². The monoisotopic (exact) mass is 446 g/mol. The second-order valence-corrected chi connectivity index (χ2v) is 8.30. The van der Waals surface area contributed by atoms with E-state index < -0.39 is 0 Å². The van der Waals surface area contributed by atoms with Gasteiger partial charge in [0, 0.05) is 55.1 Å². The third-order valence-corrected chi connectivity index (χ3v) is 6.09. The lowest BCUT2D eigenvalue weighted by molar-refractivity contribution is -0.125. The Morgan fingerprint density at radius 2 is 1.79 bits per heavy atom. The van der Waals surface area contributed by atoms with Crippen LogP contribution in [0.3, 0.4) is 0 Å². The van der Waals surface area contributed by atoms with E-state index in [1.165, 1.54) is 5.56 Å². The van der Waals surface area contributed by atoms with Crippen molar-refractivity contribution in [1.29, 1.82) is 0 Å². The molecule has 1 aliphatic heterocycles. The van der Waals surface area contributed by atoms with Gasteiger partial charge in [-0.05, 0) is 37.5 Å². The van der Waals surface area contributed by atoms with Gasteiger partial charge in [0.05, 0.1) is 14.2 Å². The van der Waals surface area contributed by atoms with Gasteiger partial charge >= 0.3 is 0 Å². The minimum atomic E-state index is -0.0166. The summed E-state index contributed by atoms with van der Waals surface area (Å²) in [6.45, 7) is 4.02. The fraction of sp³-hybridized carbons (Fsp3) is 0.346. The normalized spacial score (nSPS) is 14.1. The number of hydrogen-bond acceptors (Lipinski definition) is 6. The van der Waals surface area contributed by atoms with Crippen LogP contribution in [0, 0.1) is 12.8 Å². The van der Waals surface area contributed by atoms with E-state index in [0.717, 1.165) is 48.4 Å². The molecule has 0 atom stereocenters. The van der Waals surface area contributed by atoms with Gasteiger partial charge in [0.2, 0.25) is 11.9 Å². The van der Waals surface area contributed by atoms with Crippen LogP contribution >= 0.6 is 0 Å². The second kappa shape index (κ2) is 10.3. The summed E-state index contributed by atoms with van der Waals surface area (Å²) < 4.78 is 10.6. The van der Waals surface area contributed by atoms with E-state index in [0.29, 0.717) is 18.2 Å². The zero-order chi connectivity index (χ0) is 23.2. The molecule has 0 radical (unpaired) electrons. The van der Waals surface area contributed by atoms with Crippen molar-refractivity contribution in [2.24, 2.45) is 5.92 Å². The summed E-state index contributed by atoms with van der Waals surface area (Å²) in [4.78, 5) is 24.0. The molecule has 1 aliphatic rings. The van der Waals surface area contributed by atoms with Crippen LogP contribution in [0.5, 0.6) is 11.5 Å². The molecule has 3 aromatic rings. The molecule has 2 aromatic carbocycles. The van der Waals surface area contributed by atoms with Gasteiger partial charge in [-0.2, -0.15) is 0 Å². The van der Waals surface area contributed by atoms with Crippen molar-refractivity contribution in [2.75, 3.05) is 32.2 Å². The Balaban J connectivity index is 1.30. The number of piperidine rings is 1. The third-order valence-electron chi connectivity index (χ3n) is 6.09. The highest BCUT2D eigenvalue weighted by Crippen LogP contribution is 2.26. The predicted molar refractivity (Wildman–Crippen MR) is 129 cm³/mol. The number of nitrogens with one attached hydrogen (secondary N) is 1. The molecule has 0 bridgehead atoms. The van der Waals surface area contributed by atoms with E-state index in [-0.39, 0.29) is 11.8 Å². The quantitative estimate of drug-likeness (QED) is 0.591. The Morgan fingerprint density at radius 3 is 2.45 bits per heavy atom. The summed E-state index contributed by atoms with van der Waals surface area (Å²) in [5.41, 5.74) is 4.25. The smallest absolute Gasteiger partial charge is 0.225 e. The number of carbonyl (C=O) groups is 1. The molecule has 1 amide bonds. The van der Waals surface area contributed by atoms with Gasteiger partial charge in [-0.1, -0.05) is 29.8 Å². The summed E-state index contributed by atoms with van der Waals surface area (Å²) in [5, 5.41) is 3.06. The Kier molecular flexibility index (Phi) is 7.07. The molecular weight excluding hydrogens is 416 g/mol. The lowest BCUT2D eigenvalue weighted by Crippen LogP contribution is -2.41. The number of hydrogen-bond donors (Lipinski definition) is 1. The van der Waals surface area contributed by atoms with Crippen LogP contribution in [-0.2, 0) is 11.3 Å². The maximum absolute atomic E-state index is 12.7. The van der Waals surface area contributed by atoms with Crippen LogP contribution < -0.4 is 19.7 Å². The van der Waals surface area contributed by atoms with Crippen molar-refractivity contribution in [3.63, 3.8) is 0 Å². The molecule has 33 heavy (non-hydrogen) atoms. The molecule has 172 valence electrons. The number of anilines is 1. The fourth-order valence-corrected chi connectivity index (χ4v) is 4.12. The number of methoxy groups -OCH3 is 2. The molecule has 0 unspecified atom stereocenters. The Labute approximate surface area is 194 Å². The zero-order valence-corrected chi connectivity index (χ0v) is 19.4. The Morgan fingerprint density at radius 1 is 1.03 bits per heavy atom. The lowest BCUT2D eigenvalue weighted by atomic mass is 9.96. The lowest BCUT2D eigenvalue weighted by Gasteiger charge is -2.31. The van der Waals surface area contributed by atoms with Crippen LogP contribution in [-0.4, -0.2) is 43.2 Å². The second-order valence-electron chi connectivity index (χ2n) is 8.30. The molecule has 4 rings (SSSR count). The average Bonchev–Trinajstić information content (AvgIpc) is 2.87. The summed E-state index contributed by atoms with van der Waals surface area (Å²) >= 11 is 0. The number of amides is 1. The largest absolute Gasteiger partial charge is 0.497 e. The van der Waals surface area contributed by atoms with Crippen molar-refractivity contribution >= 4 is 11.9 Å². The van der Waals surface area contributed by atoms with Crippen LogP contribution in [0.4, 0.5) is 5.95 Å². The number of benzene rings is 2. The van der Waals surface area contributed by atoms with Gasteiger partial charge in [-0.25, -0.2) is 9.97 Å². The average molecular weight is 447 g/mol. The number of ether oxygens (including phenoxy) is 2. The Hall–Kier alpha value is -3.61. The maximum Gasteiger partial charge on any atom is 0.225 e.